The van der Waals surface area contributed by atoms with Crippen LogP contribution in [0.1, 0.15) is 30.9 Å². The van der Waals surface area contributed by atoms with Crippen LogP contribution in [0, 0.1) is 0 Å². The van der Waals surface area contributed by atoms with Gasteiger partial charge in [-0.2, -0.15) is 4.31 Å². The lowest BCUT2D eigenvalue weighted by molar-refractivity contribution is 0.204. The van der Waals surface area contributed by atoms with Crippen molar-refractivity contribution >= 4 is 16.1 Å². The van der Waals surface area contributed by atoms with Crippen molar-refractivity contribution in [1.82, 2.24) is 9.21 Å². The monoisotopic (exact) mass is 398 g/mol. The first-order valence-corrected chi connectivity index (χ1v) is 11.6. The van der Waals surface area contributed by atoms with E-state index in [1.54, 1.807) is 16.4 Å². The van der Waals surface area contributed by atoms with Gasteiger partial charge in [0, 0.05) is 32.7 Å². The smallest absolute Gasteiger partial charge is 0.243 e. The minimum Gasteiger partial charge on any atom is -0.297 e. The Labute approximate surface area is 169 Å². The number of piperazine rings is 1. The van der Waals surface area contributed by atoms with Crippen LogP contribution in [-0.4, -0.2) is 50.3 Å². The summed E-state index contributed by atoms with van der Waals surface area (Å²) in [4.78, 5) is 2.70. The molecule has 150 valence electrons. The molecule has 0 unspecified atom stereocenters. The second kappa shape index (κ2) is 10.0. The van der Waals surface area contributed by atoms with Gasteiger partial charge in [0.1, 0.15) is 0 Å². The molecule has 0 N–H and O–H groups in total. The topological polar surface area (TPSA) is 40.6 Å². The highest BCUT2D eigenvalue weighted by atomic mass is 32.2. The zero-order valence-corrected chi connectivity index (χ0v) is 17.4. The molecule has 1 heterocycles. The molecule has 3 rings (SSSR count). The average Bonchev–Trinajstić information content (AvgIpc) is 2.74. The maximum atomic E-state index is 12.9. The predicted octanol–water partition coefficient (Wildman–Crippen LogP) is 4.05. The van der Waals surface area contributed by atoms with Crippen LogP contribution in [0.5, 0.6) is 0 Å². The third-order valence-electron chi connectivity index (χ3n) is 5.18. The van der Waals surface area contributed by atoms with Crippen molar-refractivity contribution in [3.8, 4) is 0 Å². The zero-order chi connectivity index (χ0) is 19.8. The highest BCUT2D eigenvalue weighted by molar-refractivity contribution is 7.89. The van der Waals surface area contributed by atoms with E-state index < -0.39 is 10.0 Å². The molecule has 0 aromatic heterocycles. The van der Waals surface area contributed by atoms with Crippen LogP contribution < -0.4 is 0 Å². The molecule has 0 bridgehead atoms. The molecule has 0 aliphatic carbocycles. The highest BCUT2D eigenvalue weighted by Crippen LogP contribution is 2.19. The zero-order valence-electron chi connectivity index (χ0n) is 16.6. The summed E-state index contributed by atoms with van der Waals surface area (Å²) in [5.41, 5.74) is 2.39. The first kappa shape index (κ1) is 20.8. The van der Waals surface area contributed by atoms with Gasteiger partial charge >= 0.3 is 0 Å². The molecule has 2 aromatic rings. The van der Waals surface area contributed by atoms with Gasteiger partial charge in [-0.3, -0.25) is 4.90 Å². The number of hydrogen-bond acceptors (Lipinski definition) is 3. The van der Waals surface area contributed by atoms with Crippen LogP contribution >= 0.6 is 0 Å². The summed E-state index contributed by atoms with van der Waals surface area (Å²) in [5, 5.41) is 0. The van der Waals surface area contributed by atoms with Gasteiger partial charge in [-0.1, -0.05) is 68.0 Å². The number of benzene rings is 2. The number of aryl methyl sites for hydroxylation is 1. The van der Waals surface area contributed by atoms with E-state index in [-0.39, 0.29) is 0 Å². The van der Waals surface area contributed by atoms with Crippen molar-refractivity contribution in [3.05, 3.63) is 71.8 Å². The van der Waals surface area contributed by atoms with Crippen LogP contribution in [0.25, 0.3) is 6.08 Å². The molecule has 2 aromatic carbocycles. The molecular formula is C23H30N2O2S. The molecule has 1 aliphatic rings. The van der Waals surface area contributed by atoms with Gasteiger partial charge in [0.05, 0.1) is 4.90 Å². The predicted molar refractivity (Wildman–Crippen MR) is 116 cm³/mol. The van der Waals surface area contributed by atoms with Crippen molar-refractivity contribution in [2.75, 3.05) is 32.7 Å². The summed E-state index contributed by atoms with van der Waals surface area (Å²) in [6, 6.07) is 17.6. The molecule has 0 atom stereocenters. The molecular weight excluding hydrogens is 368 g/mol. The van der Waals surface area contributed by atoms with Crippen molar-refractivity contribution in [2.24, 2.45) is 0 Å². The van der Waals surface area contributed by atoms with E-state index in [0.29, 0.717) is 18.0 Å². The standard InChI is InChI=1S/C23H30N2O2S/c1-2-3-8-22-12-14-23(15-13-22)28(26,27)25-19-17-24(18-20-25)16-7-11-21-9-5-4-6-10-21/h4-7,9-15H,2-3,8,16-20H2,1H3/b11-7+. The Bertz CT molecular complexity index is 853. The number of nitrogens with zero attached hydrogens (tertiary/aromatic N) is 2. The van der Waals surface area contributed by atoms with Crippen molar-refractivity contribution < 1.29 is 8.42 Å². The van der Waals surface area contributed by atoms with Crippen LogP contribution in [0.15, 0.2) is 65.6 Å². The summed E-state index contributed by atoms with van der Waals surface area (Å²) < 4.78 is 27.4. The van der Waals surface area contributed by atoms with Crippen LogP contribution in [0.4, 0.5) is 0 Å². The van der Waals surface area contributed by atoms with Gasteiger partial charge in [0.15, 0.2) is 0 Å². The number of unbranched alkanes of at least 4 members (excludes halogenated alkanes) is 1. The minimum absolute atomic E-state index is 0.408. The van der Waals surface area contributed by atoms with E-state index in [1.165, 1.54) is 11.1 Å². The van der Waals surface area contributed by atoms with E-state index in [1.807, 2.05) is 30.3 Å². The molecule has 28 heavy (non-hydrogen) atoms. The molecule has 0 radical (unpaired) electrons. The quantitative estimate of drug-likeness (QED) is 0.674. The number of hydrogen-bond donors (Lipinski definition) is 0. The fraction of sp³-hybridized carbons (Fsp3) is 0.391. The van der Waals surface area contributed by atoms with E-state index >= 15 is 0 Å². The summed E-state index contributed by atoms with van der Waals surface area (Å²) in [7, 11) is -3.40. The van der Waals surface area contributed by atoms with E-state index in [0.717, 1.165) is 38.9 Å². The van der Waals surface area contributed by atoms with Crippen molar-refractivity contribution in [2.45, 2.75) is 31.1 Å². The Kier molecular flexibility index (Phi) is 7.43. The maximum Gasteiger partial charge on any atom is 0.243 e. The molecule has 1 fully saturated rings. The maximum absolute atomic E-state index is 12.9. The third-order valence-corrected chi connectivity index (χ3v) is 7.10. The molecule has 1 aliphatic heterocycles. The Balaban J connectivity index is 1.52. The number of rotatable bonds is 8. The van der Waals surface area contributed by atoms with Gasteiger partial charge in [-0.15, -0.1) is 0 Å². The summed E-state index contributed by atoms with van der Waals surface area (Å²) >= 11 is 0. The Morgan fingerprint density at radius 2 is 1.61 bits per heavy atom. The minimum atomic E-state index is -3.40. The van der Waals surface area contributed by atoms with E-state index in [2.05, 4.69) is 36.1 Å². The number of sulfonamides is 1. The second-order valence-electron chi connectivity index (χ2n) is 7.27. The summed E-state index contributed by atoms with van der Waals surface area (Å²) in [6.45, 7) is 5.60. The first-order chi connectivity index (χ1) is 13.6. The Hall–Kier alpha value is -1.95. The Morgan fingerprint density at radius 3 is 2.25 bits per heavy atom. The highest BCUT2D eigenvalue weighted by Gasteiger charge is 2.27. The van der Waals surface area contributed by atoms with E-state index in [4.69, 9.17) is 0 Å². The molecule has 0 saturated carbocycles. The van der Waals surface area contributed by atoms with E-state index in [9.17, 15) is 8.42 Å². The molecule has 0 amide bonds. The van der Waals surface area contributed by atoms with Crippen LogP contribution in [-0.2, 0) is 16.4 Å². The van der Waals surface area contributed by atoms with Crippen molar-refractivity contribution in [3.63, 3.8) is 0 Å². The molecule has 5 heteroatoms. The van der Waals surface area contributed by atoms with Crippen molar-refractivity contribution in [1.29, 1.82) is 0 Å². The lowest BCUT2D eigenvalue weighted by atomic mass is 10.1. The lowest BCUT2D eigenvalue weighted by Crippen LogP contribution is -2.48. The normalized spacial score (nSPS) is 16.6. The van der Waals surface area contributed by atoms with Gasteiger partial charge in [0.25, 0.3) is 0 Å². The van der Waals surface area contributed by atoms with Gasteiger partial charge in [0.2, 0.25) is 10.0 Å². The second-order valence-corrected chi connectivity index (χ2v) is 9.20. The largest absolute Gasteiger partial charge is 0.297 e. The summed E-state index contributed by atoms with van der Waals surface area (Å²) in [5.74, 6) is 0. The van der Waals surface area contributed by atoms with Gasteiger partial charge in [-0.25, -0.2) is 8.42 Å². The fourth-order valence-electron chi connectivity index (χ4n) is 3.41. The van der Waals surface area contributed by atoms with Gasteiger partial charge in [-0.05, 0) is 36.1 Å². The molecule has 1 saturated heterocycles. The van der Waals surface area contributed by atoms with Gasteiger partial charge < -0.3 is 0 Å². The van der Waals surface area contributed by atoms with Crippen LogP contribution in [0.2, 0.25) is 0 Å². The average molecular weight is 399 g/mol. The SMILES string of the molecule is CCCCc1ccc(S(=O)(=O)N2CCN(C/C=C/c3ccccc3)CC2)cc1. The first-order valence-electron chi connectivity index (χ1n) is 10.1. The molecule has 4 nitrogen and oxygen atoms in total. The fourth-order valence-corrected chi connectivity index (χ4v) is 4.83. The van der Waals surface area contributed by atoms with Crippen LogP contribution in [0.3, 0.4) is 0 Å². The Morgan fingerprint density at radius 1 is 0.929 bits per heavy atom. The lowest BCUT2D eigenvalue weighted by Gasteiger charge is -2.33. The molecule has 0 spiro atoms. The third kappa shape index (κ3) is 5.53. The summed E-state index contributed by atoms with van der Waals surface area (Å²) in [6.07, 6.45) is 7.54.